The Bertz CT molecular complexity index is 751. The molecule has 0 saturated heterocycles. The third kappa shape index (κ3) is 4.35. The number of carbonyl (C=O) groups is 1. The largest absolute Gasteiger partial charge is 0.466 e. The number of ether oxygens (including phenoxy) is 1. The molecule has 0 radical (unpaired) electrons. The number of anilines is 1. The maximum absolute atomic E-state index is 11.0. The van der Waals surface area contributed by atoms with E-state index in [2.05, 4.69) is 16.1 Å². The third-order valence-electron chi connectivity index (χ3n) is 3.24. The Morgan fingerprint density at radius 2 is 2.04 bits per heavy atom. The van der Waals surface area contributed by atoms with Crippen LogP contribution in [0.15, 0.2) is 60.8 Å². The summed E-state index contributed by atoms with van der Waals surface area (Å²) in [6.07, 6.45) is 2.74. The Kier molecular flexibility index (Phi) is 5.79. The Labute approximate surface area is 140 Å². The fourth-order valence-corrected chi connectivity index (χ4v) is 2.38. The zero-order valence-electron chi connectivity index (χ0n) is 12.5. The lowest BCUT2D eigenvalue weighted by Gasteiger charge is -2.13. The van der Waals surface area contributed by atoms with Crippen LogP contribution in [0.3, 0.4) is 0 Å². The summed E-state index contributed by atoms with van der Waals surface area (Å²) < 4.78 is 4.50. The summed E-state index contributed by atoms with van der Waals surface area (Å²) in [5, 5.41) is 12.9. The maximum atomic E-state index is 11.0. The van der Waals surface area contributed by atoms with Gasteiger partial charge >= 0.3 is 5.97 Å². The second-order valence-electron chi connectivity index (χ2n) is 4.71. The molecule has 0 aromatic heterocycles. The van der Waals surface area contributed by atoms with Crippen molar-refractivity contribution < 1.29 is 9.53 Å². The van der Waals surface area contributed by atoms with Crippen LogP contribution < -0.4 is 5.32 Å². The molecular formula is C18H15ClN2O2. The number of nitrogens with one attached hydrogen (secondary N) is 1. The highest BCUT2D eigenvalue weighted by atomic mass is 35.5. The van der Waals surface area contributed by atoms with Crippen LogP contribution >= 0.6 is 11.6 Å². The predicted octanol–water partition coefficient (Wildman–Crippen LogP) is 4.09. The summed E-state index contributed by atoms with van der Waals surface area (Å²) in [6, 6.07) is 17.1. The van der Waals surface area contributed by atoms with E-state index in [1.807, 2.05) is 30.3 Å². The number of nitrogens with zero attached hydrogens (tertiary/aromatic N) is 1. The van der Waals surface area contributed by atoms with E-state index in [1.54, 1.807) is 18.2 Å². The molecule has 0 amide bonds. The normalized spacial score (nSPS) is 11.7. The van der Waals surface area contributed by atoms with Gasteiger partial charge in [-0.3, -0.25) is 0 Å². The number of rotatable bonds is 5. The summed E-state index contributed by atoms with van der Waals surface area (Å²) in [7, 11) is 1.31. The average molecular weight is 327 g/mol. The van der Waals surface area contributed by atoms with Crippen molar-refractivity contribution in [2.24, 2.45) is 0 Å². The number of carbonyl (C=O) groups excluding carboxylic acids is 1. The van der Waals surface area contributed by atoms with E-state index < -0.39 is 11.9 Å². The zero-order valence-corrected chi connectivity index (χ0v) is 13.2. The molecule has 0 heterocycles. The van der Waals surface area contributed by atoms with Gasteiger partial charge in [0.05, 0.1) is 19.1 Å². The molecule has 1 atom stereocenters. The van der Waals surface area contributed by atoms with Gasteiger partial charge in [0.2, 0.25) is 0 Å². The lowest BCUT2D eigenvalue weighted by molar-refractivity contribution is -0.134. The molecule has 0 fully saturated rings. The van der Waals surface area contributed by atoms with E-state index in [0.29, 0.717) is 10.7 Å². The molecule has 23 heavy (non-hydrogen) atoms. The van der Waals surface area contributed by atoms with Gasteiger partial charge in [-0.15, -0.1) is 0 Å². The SMILES string of the molecule is COC(=O)/C=C\Nc1ccc(C(C#N)c2ccccc2)c(Cl)c1. The molecule has 2 aromatic carbocycles. The van der Waals surface area contributed by atoms with Gasteiger partial charge in [-0.1, -0.05) is 48.0 Å². The van der Waals surface area contributed by atoms with Crippen LogP contribution in [-0.2, 0) is 9.53 Å². The lowest BCUT2D eigenvalue weighted by Crippen LogP contribution is -2.00. The molecule has 4 nitrogen and oxygen atoms in total. The summed E-state index contributed by atoms with van der Waals surface area (Å²) in [5.41, 5.74) is 2.34. The molecule has 2 rings (SSSR count). The minimum Gasteiger partial charge on any atom is -0.466 e. The van der Waals surface area contributed by atoms with E-state index in [0.717, 1.165) is 11.1 Å². The second-order valence-corrected chi connectivity index (χ2v) is 5.12. The van der Waals surface area contributed by atoms with Gasteiger partial charge in [0.15, 0.2) is 0 Å². The van der Waals surface area contributed by atoms with Crippen molar-refractivity contribution in [3.8, 4) is 6.07 Å². The predicted molar refractivity (Wildman–Crippen MR) is 90.1 cm³/mol. The monoisotopic (exact) mass is 326 g/mol. The quantitative estimate of drug-likeness (QED) is 0.664. The molecule has 0 bridgehead atoms. The molecule has 0 saturated carbocycles. The van der Waals surface area contributed by atoms with Gasteiger partial charge in [0, 0.05) is 23.0 Å². The van der Waals surface area contributed by atoms with Crippen molar-refractivity contribution in [3.63, 3.8) is 0 Å². The molecule has 0 aliphatic rings. The first kappa shape index (κ1) is 16.6. The van der Waals surface area contributed by atoms with Crippen LogP contribution in [0.5, 0.6) is 0 Å². The molecule has 0 aliphatic heterocycles. The fraction of sp³-hybridized carbons (Fsp3) is 0.111. The first-order chi connectivity index (χ1) is 11.2. The maximum Gasteiger partial charge on any atom is 0.331 e. The van der Waals surface area contributed by atoms with Crippen LogP contribution in [0, 0.1) is 11.3 Å². The number of esters is 1. The molecule has 1 N–H and O–H groups in total. The Balaban J connectivity index is 2.20. The molecule has 0 spiro atoms. The van der Waals surface area contributed by atoms with Crippen molar-refractivity contribution in [2.75, 3.05) is 12.4 Å². The molecule has 116 valence electrons. The second kappa shape index (κ2) is 8.02. The Hall–Kier alpha value is -2.77. The number of hydrogen-bond acceptors (Lipinski definition) is 4. The van der Waals surface area contributed by atoms with Crippen LogP contribution in [0.4, 0.5) is 5.69 Å². The zero-order chi connectivity index (χ0) is 16.7. The van der Waals surface area contributed by atoms with Gasteiger partial charge in [-0.25, -0.2) is 4.79 Å². The van der Waals surface area contributed by atoms with Crippen molar-refractivity contribution in [1.82, 2.24) is 0 Å². The van der Waals surface area contributed by atoms with Crippen LogP contribution in [0.25, 0.3) is 0 Å². The fourth-order valence-electron chi connectivity index (χ4n) is 2.09. The summed E-state index contributed by atoms with van der Waals surface area (Å²) in [5.74, 6) is -0.878. The van der Waals surface area contributed by atoms with E-state index in [1.165, 1.54) is 19.4 Å². The first-order valence-corrected chi connectivity index (χ1v) is 7.28. The number of benzene rings is 2. The van der Waals surface area contributed by atoms with Gasteiger partial charge in [0.1, 0.15) is 0 Å². The number of hydrogen-bond donors (Lipinski definition) is 1. The van der Waals surface area contributed by atoms with E-state index in [9.17, 15) is 10.1 Å². The molecule has 2 aromatic rings. The van der Waals surface area contributed by atoms with Crippen molar-refractivity contribution >= 4 is 23.3 Å². The van der Waals surface area contributed by atoms with Crippen molar-refractivity contribution in [2.45, 2.75) is 5.92 Å². The lowest BCUT2D eigenvalue weighted by atomic mass is 9.92. The highest BCUT2D eigenvalue weighted by Crippen LogP contribution is 2.31. The summed E-state index contributed by atoms with van der Waals surface area (Å²) >= 11 is 6.31. The minimum atomic E-state index is -0.450. The highest BCUT2D eigenvalue weighted by Gasteiger charge is 2.16. The number of halogens is 1. The highest BCUT2D eigenvalue weighted by molar-refractivity contribution is 6.31. The van der Waals surface area contributed by atoms with E-state index in [-0.39, 0.29) is 0 Å². The van der Waals surface area contributed by atoms with E-state index >= 15 is 0 Å². The average Bonchev–Trinajstić information content (AvgIpc) is 2.58. The van der Waals surface area contributed by atoms with Gasteiger partial charge in [-0.2, -0.15) is 5.26 Å². The molecule has 0 aliphatic carbocycles. The van der Waals surface area contributed by atoms with Gasteiger partial charge < -0.3 is 10.1 Å². The van der Waals surface area contributed by atoms with Gasteiger partial charge in [0.25, 0.3) is 0 Å². The van der Waals surface area contributed by atoms with Crippen molar-refractivity contribution in [3.05, 3.63) is 77.0 Å². The standard InChI is InChI=1S/C18H15ClN2O2/c1-23-18(22)9-10-21-14-7-8-15(17(19)11-14)16(12-20)13-5-3-2-4-6-13/h2-11,16,21H,1H3/b10-9-. The summed E-state index contributed by atoms with van der Waals surface area (Å²) in [4.78, 5) is 11.0. The van der Waals surface area contributed by atoms with Gasteiger partial charge in [-0.05, 0) is 23.3 Å². The summed E-state index contributed by atoms with van der Waals surface area (Å²) in [6.45, 7) is 0. The molecule has 1 unspecified atom stereocenters. The van der Waals surface area contributed by atoms with E-state index in [4.69, 9.17) is 11.6 Å². The smallest absolute Gasteiger partial charge is 0.331 e. The van der Waals surface area contributed by atoms with Crippen LogP contribution in [0.2, 0.25) is 5.02 Å². The van der Waals surface area contributed by atoms with Crippen LogP contribution in [-0.4, -0.2) is 13.1 Å². The van der Waals surface area contributed by atoms with Crippen molar-refractivity contribution in [1.29, 1.82) is 5.26 Å². The topological polar surface area (TPSA) is 62.1 Å². The molecular weight excluding hydrogens is 312 g/mol. The minimum absolute atomic E-state index is 0.427. The third-order valence-corrected chi connectivity index (χ3v) is 3.57. The number of methoxy groups -OCH3 is 1. The Morgan fingerprint density at radius 3 is 2.65 bits per heavy atom. The van der Waals surface area contributed by atoms with Crippen LogP contribution in [0.1, 0.15) is 17.0 Å². The first-order valence-electron chi connectivity index (χ1n) is 6.90. The number of nitriles is 1. The Morgan fingerprint density at radius 1 is 1.30 bits per heavy atom. The molecule has 5 heteroatoms.